The Hall–Kier alpha value is -4.11. The zero-order chi connectivity index (χ0) is 25.4. The summed E-state index contributed by atoms with van der Waals surface area (Å²) in [5, 5.41) is 5.91. The van der Waals surface area contributed by atoms with E-state index in [1.807, 2.05) is 44.9 Å². The van der Waals surface area contributed by atoms with Crippen molar-refractivity contribution >= 4 is 28.3 Å². The summed E-state index contributed by atoms with van der Waals surface area (Å²) in [6, 6.07) is 12.2. The third-order valence-electron chi connectivity index (χ3n) is 7.20. The van der Waals surface area contributed by atoms with Crippen molar-refractivity contribution < 1.29 is 9.53 Å². The van der Waals surface area contributed by atoms with Crippen LogP contribution < -0.4 is 5.73 Å². The van der Waals surface area contributed by atoms with Gasteiger partial charge in [-0.05, 0) is 48.7 Å². The van der Waals surface area contributed by atoms with Crippen molar-refractivity contribution in [2.24, 2.45) is 0 Å². The number of aromatic amines is 1. The number of carbonyl (C=O) groups is 1. The molecule has 1 aromatic carbocycles. The molecule has 3 N–H and O–H groups in total. The Morgan fingerprint density at radius 1 is 1.08 bits per heavy atom. The molecule has 0 spiro atoms. The molecule has 3 aromatic heterocycles. The van der Waals surface area contributed by atoms with Gasteiger partial charge in [0.2, 0.25) is 0 Å². The highest BCUT2D eigenvalue weighted by molar-refractivity contribution is 5.98. The maximum atomic E-state index is 12.9. The quantitative estimate of drug-likeness (QED) is 0.411. The molecular formula is C28H31N7O2. The zero-order valence-corrected chi connectivity index (χ0v) is 21.0. The van der Waals surface area contributed by atoms with E-state index in [-0.39, 0.29) is 6.03 Å². The molecule has 2 amide bonds. The van der Waals surface area contributed by atoms with Gasteiger partial charge < -0.3 is 25.3 Å². The number of morpholine rings is 1. The average molecular weight is 498 g/mol. The fourth-order valence-electron chi connectivity index (χ4n) is 5.11. The third kappa shape index (κ3) is 4.46. The standard InChI is InChI=1S/C28H31N7O2/c1-2-35-18-24(26(32-35)20-3-5-21(29)6-4-20)22-7-10-30-27-23(22)17-25(31-27)19-8-11-33(12-9-19)28(36)34-13-15-37-16-14-34/h3-8,10,17-18H,2,9,11-16,29H2,1H3,(H,30,31). The molecule has 6 rings (SSSR count). The maximum Gasteiger partial charge on any atom is 0.320 e. The predicted molar refractivity (Wildman–Crippen MR) is 145 cm³/mol. The number of H-pyrrole nitrogens is 1. The number of aryl methyl sites for hydroxylation is 1. The minimum atomic E-state index is 0.0994. The van der Waals surface area contributed by atoms with Gasteiger partial charge in [-0.15, -0.1) is 0 Å². The van der Waals surface area contributed by atoms with Gasteiger partial charge in [0.05, 0.1) is 13.2 Å². The van der Waals surface area contributed by atoms with Crippen LogP contribution in [0.4, 0.5) is 10.5 Å². The van der Waals surface area contributed by atoms with E-state index in [2.05, 4.69) is 41.3 Å². The Labute approximate surface area is 215 Å². The van der Waals surface area contributed by atoms with Crippen LogP contribution in [0.25, 0.3) is 39.0 Å². The smallest absolute Gasteiger partial charge is 0.320 e. The normalized spacial score (nSPS) is 16.3. The third-order valence-corrected chi connectivity index (χ3v) is 7.20. The molecule has 0 atom stereocenters. The van der Waals surface area contributed by atoms with Gasteiger partial charge in [-0.25, -0.2) is 9.78 Å². The number of urea groups is 1. The Morgan fingerprint density at radius 2 is 1.89 bits per heavy atom. The second kappa shape index (κ2) is 9.74. The minimum absolute atomic E-state index is 0.0994. The van der Waals surface area contributed by atoms with Crippen molar-refractivity contribution in [3.8, 4) is 22.4 Å². The van der Waals surface area contributed by atoms with Crippen molar-refractivity contribution in [3.63, 3.8) is 0 Å². The number of carbonyl (C=O) groups excluding carboxylic acids is 1. The molecule has 0 saturated carbocycles. The van der Waals surface area contributed by atoms with Crippen molar-refractivity contribution in [2.75, 3.05) is 45.1 Å². The molecule has 5 heterocycles. The number of anilines is 1. The lowest BCUT2D eigenvalue weighted by atomic mass is 9.99. The molecule has 1 fully saturated rings. The van der Waals surface area contributed by atoms with Crippen LogP contribution in [-0.4, -0.2) is 75.0 Å². The fraction of sp³-hybridized carbons (Fsp3) is 0.321. The van der Waals surface area contributed by atoms with E-state index < -0.39 is 0 Å². The molecule has 9 nitrogen and oxygen atoms in total. The van der Waals surface area contributed by atoms with Gasteiger partial charge in [0.15, 0.2) is 0 Å². The van der Waals surface area contributed by atoms with E-state index in [0.29, 0.717) is 39.4 Å². The number of aromatic nitrogens is 4. The van der Waals surface area contributed by atoms with Crippen LogP contribution in [0.15, 0.2) is 54.9 Å². The summed E-state index contributed by atoms with van der Waals surface area (Å²) >= 11 is 0. The molecule has 0 bridgehead atoms. The number of rotatable bonds is 4. The fourth-order valence-corrected chi connectivity index (χ4v) is 5.11. The van der Waals surface area contributed by atoms with Gasteiger partial charge in [-0.2, -0.15) is 5.10 Å². The van der Waals surface area contributed by atoms with Crippen molar-refractivity contribution in [2.45, 2.75) is 19.9 Å². The van der Waals surface area contributed by atoms with Crippen LogP contribution in [0.2, 0.25) is 0 Å². The van der Waals surface area contributed by atoms with Crippen molar-refractivity contribution in [1.82, 2.24) is 29.5 Å². The number of nitrogen functional groups attached to an aromatic ring is 1. The molecule has 4 aromatic rings. The summed E-state index contributed by atoms with van der Waals surface area (Å²) in [6.45, 7) is 6.72. The van der Waals surface area contributed by atoms with E-state index in [1.165, 1.54) is 5.57 Å². The SMILES string of the molecule is CCn1cc(-c2ccnc3[nH]c(C4=CCN(C(=O)N5CCOCC5)CC4)cc23)c(-c2ccc(N)cc2)n1. The number of benzene rings is 1. The van der Waals surface area contributed by atoms with Crippen LogP contribution in [0, 0.1) is 0 Å². The zero-order valence-electron chi connectivity index (χ0n) is 21.0. The van der Waals surface area contributed by atoms with Crippen molar-refractivity contribution in [3.05, 3.63) is 60.6 Å². The molecule has 37 heavy (non-hydrogen) atoms. The predicted octanol–water partition coefficient (Wildman–Crippen LogP) is 4.24. The van der Waals surface area contributed by atoms with Gasteiger partial charge in [-0.1, -0.05) is 18.2 Å². The van der Waals surface area contributed by atoms with E-state index in [0.717, 1.165) is 57.8 Å². The van der Waals surface area contributed by atoms with Crippen LogP contribution in [0.3, 0.4) is 0 Å². The molecule has 2 aliphatic heterocycles. The molecule has 190 valence electrons. The highest BCUT2D eigenvalue weighted by Gasteiger charge is 2.25. The van der Waals surface area contributed by atoms with Gasteiger partial charge in [0.25, 0.3) is 0 Å². The number of nitrogens with zero attached hydrogens (tertiary/aromatic N) is 5. The van der Waals surface area contributed by atoms with Crippen molar-refractivity contribution in [1.29, 1.82) is 0 Å². The van der Waals surface area contributed by atoms with Gasteiger partial charge in [-0.3, -0.25) is 4.68 Å². The first kappa shape index (κ1) is 23.3. The Morgan fingerprint density at radius 3 is 2.62 bits per heavy atom. The first-order valence-electron chi connectivity index (χ1n) is 12.8. The topological polar surface area (TPSA) is 105 Å². The second-order valence-corrected chi connectivity index (χ2v) is 9.48. The first-order chi connectivity index (χ1) is 18.1. The number of nitrogens with two attached hydrogens (primary N) is 1. The molecular weight excluding hydrogens is 466 g/mol. The summed E-state index contributed by atoms with van der Waals surface area (Å²) in [5.74, 6) is 0. The largest absolute Gasteiger partial charge is 0.399 e. The van der Waals surface area contributed by atoms with Gasteiger partial charge in [0.1, 0.15) is 11.3 Å². The van der Waals surface area contributed by atoms with E-state index in [1.54, 1.807) is 0 Å². The summed E-state index contributed by atoms with van der Waals surface area (Å²) in [7, 11) is 0. The number of hydrogen-bond donors (Lipinski definition) is 2. The monoisotopic (exact) mass is 497 g/mol. The molecule has 9 heteroatoms. The molecule has 0 radical (unpaired) electrons. The lowest BCUT2D eigenvalue weighted by Gasteiger charge is -2.34. The summed E-state index contributed by atoms with van der Waals surface area (Å²) in [6.07, 6.45) is 6.89. The van der Waals surface area contributed by atoms with Crippen LogP contribution in [0.5, 0.6) is 0 Å². The second-order valence-electron chi connectivity index (χ2n) is 9.48. The molecule has 0 unspecified atom stereocenters. The lowest BCUT2D eigenvalue weighted by molar-refractivity contribution is 0.0441. The molecule has 0 aliphatic carbocycles. The van der Waals surface area contributed by atoms with Crippen LogP contribution in [0.1, 0.15) is 19.0 Å². The van der Waals surface area contributed by atoms with E-state index in [4.69, 9.17) is 15.6 Å². The number of ether oxygens (including phenoxy) is 1. The van der Waals surface area contributed by atoms with E-state index >= 15 is 0 Å². The summed E-state index contributed by atoms with van der Waals surface area (Å²) < 4.78 is 7.35. The van der Waals surface area contributed by atoms with Crippen LogP contribution in [-0.2, 0) is 11.3 Å². The molecule has 2 aliphatic rings. The number of hydrogen-bond acceptors (Lipinski definition) is 5. The highest BCUT2D eigenvalue weighted by Crippen LogP contribution is 2.37. The first-order valence-corrected chi connectivity index (χ1v) is 12.8. The number of amides is 2. The number of pyridine rings is 1. The van der Waals surface area contributed by atoms with Gasteiger partial charge in [0, 0.05) is 73.0 Å². The minimum Gasteiger partial charge on any atom is -0.399 e. The lowest BCUT2D eigenvalue weighted by Crippen LogP contribution is -2.49. The number of nitrogens with one attached hydrogen (secondary N) is 1. The highest BCUT2D eigenvalue weighted by atomic mass is 16.5. The summed E-state index contributed by atoms with van der Waals surface area (Å²) in [5.41, 5.74) is 13.8. The van der Waals surface area contributed by atoms with E-state index in [9.17, 15) is 4.79 Å². The summed E-state index contributed by atoms with van der Waals surface area (Å²) in [4.78, 5) is 24.8. The Balaban J connectivity index is 1.31. The van der Waals surface area contributed by atoms with Gasteiger partial charge >= 0.3 is 6.03 Å². The average Bonchev–Trinajstić information content (AvgIpc) is 3.58. The Kier molecular flexibility index (Phi) is 6.13. The molecule has 1 saturated heterocycles. The maximum absolute atomic E-state index is 12.9. The number of fused-ring (bicyclic) bond motifs is 1. The Bertz CT molecular complexity index is 1460. The van der Waals surface area contributed by atoms with Crippen LogP contribution >= 0.6 is 0 Å².